The van der Waals surface area contributed by atoms with Crippen LogP contribution >= 0.6 is 0 Å². The van der Waals surface area contributed by atoms with E-state index in [0.717, 1.165) is 18.6 Å². The predicted octanol–water partition coefficient (Wildman–Crippen LogP) is 8.76. The van der Waals surface area contributed by atoms with Crippen molar-refractivity contribution in [3.05, 3.63) is 125 Å². The third kappa shape index (κ3) is 3.65. The van der Waals surface area contributed by atoms with Crippen LogP contribution < -0.4 is 4.74 Å². The Morgan fingerprint density at radius 3 is 2.34 bits per heavy atom. The van der Waals surface area contributed by atoms with Gasteiger partial charge in [0.1, 0.15) is 12.4 Å². The van der Waals surface area contributed by atoms with Crippen molar-refractivity contribution >= 4 is 12.2 Å². The lowest BCUT2D eigenvalue weighted by Crippen LogP contribution is -2.08. The van der Waals surface area contributed by atoms with Gasteiger partial charge < -0.3 is 4.74 Å². The fraction of sp³-hybridized carbons (Fsp3) is 0.118. The number of allylic oxidation sites excluding steroid dienone is 2. The second-order valence-corrected chi connectivity index (χ2v) is 9.14. The van der Waals surface area contributed by atoms with Crippen molar-refractivity contribution < 1.29 is 4.74 Å². The molecular formula is C34H28O. The fourth-order valence-electron chi connectivity index (χ4n) is 5.54. The molecule has 0 amide bonds. The van der Waals surface area contributed by atoms with E-state index in [4.69, 9.17) is 4.74 Å². The maximum absolute atomic E-state index is 6.18. The first-order valence-corrected chi connectivity index (χ1v) is 12.4. The zero-order valence-corrected chi connectivity index (χ0v) is 20.1. The van der Waals surface area contributed by atoms with Gasteiger partial charge in [-0.1, -0.05) is 111 Å². The van der Waals surface area contributed by atoms with Gasteiger partial charge >= 0.3 is 0 Å². The zero-order valence-electron chi connectivity index (χ0n) is 20.1. The molecule has 0 bridgehead atoms. The van der Waals surface area contributed by atoms with Crippen LogP contribution in [0.1, 0.15) is 34.7 Å². The van der Waals surface area contributed by atoms with Crippen molar-refractivity contribution in [3.8, 4) is 39.1 Å². The Labute approximate surface area is 207 Å². The zero-order chi connectivity index (χ0) is 23.8. The highest BCUT2D eigenvalue weighted by molar-refractivity contribution is 5.92. The van der Waals surface area contributed by atoms with Crippen LogP contribution in [0.2, 0.25) is 0 Å². The van der Waals surface area contributed by atoms with E-state index in [2.05, 4.69) is 105 Å². The lowest BCUT2D eigenvalue weighted by atomic mass is 9.88. The molecular weight excluding hydrogens is 424 g/mol. The molecule has 1 aliphatic heterocycles. The van der Waals surface area contributed by atoms with Crippen LogP contribution in [0.3, 0.4) is 0 Å². The predicted molar refractivity (Wildman–Crippen MR) is 149 cm³/mol. The van der Waals surface area contributed by atoms with Gasteiger partial charge in [0.15, 0.2) is 0 Å². The van der Waals surface area contributed by atoms with Gasteiger partial charge in [0.25, 0.3) is 0 Å². The van der Waals surface area contributed by atoms with Crippen molar-refractivity contribution in [2.75, 3.05) is 6.61 Å². The molecule has 0 aromatic heterocycles. The van der Waals surface area contributed by atoms with Crippen LogP contribution in [-0.2, 0) is 12.8 Å². The minimum atomic E-state index is 0.638. The normalized spacial score (nSPS) is 13.3. The lowest BCUT2D eigenvalue weighted by molar-refractivity contribution is 0.354. The quantitative estimate of drug-likeness (QED) is 0.242. The molecule has 0 saturated heterocycles. The highest BCUT2D eigenvalue weighted by atomic mass is 16.5. The second-order valence-electron chi connectivity index (χ2n) is 9.14. The van der Waals surface area contributed by atoms with E-state index in [1.165, 1.54) is 61.2 Å². The smallest absolute Gasteiger partial charge is 0.131 e. The Kier molecular flexibility index (Phi) is 5.47. The summed E-state index contributed by atoms with van der Waals surface area (Å²) < 4.78 is 6.18. The maximum atomic E-state index is 6.18. The Hall–Kier alpha value is -4.10. The summed E-state index contributed by atoms with van der Waals surface area (Å²) in [7, 11) is 0. The van der Waals surface area contributed by atoms with Crippen LogP contribution in [0.4, 0.5) is 0 Å². The molecule has 0 spiro atoms. The van der Waals surface area contributed by atoms with E-state index < -0.39 is 0 Å². The molecule has 2 aliphatic rings. The Balaban J connectivity index is 1.44. The molecule has 4 aromatic rings. The van der Waals surface area contributed by atoms with Crippen LogP contribution in [0.15, 0.2) is 97.6 Å². The Morgan fingerprint density at radius 2 is 1.60 bits per heavy atom. The first kappa shape index (κ1) is 21.4. The van der Waals surface area contributed by atoms with Crippen molar-refractivity contribution in [2.45, 2.75) is 19.8 Å². The number of benzene rings is 4. The molecule has 0 saturated carbocycles. The molecule has 6 rings (SSSR count). The second kappa shape index (κ2) is 8.92. The minimum absolute atomic E-state index is 0.638. The molecule has 0 atom stereocenters. The monoisotopic (exact) mass is 452 g/mol. The summed E-state index contributed by atoms with van der Waals surface area (Å²) >= 11 is 0. The standard InChI is InChI=1S/C34H28O/c1-3-5-12-30-28(4-2)34-31(13-9-20-35-34)32-22-27-21-26(18-19-29(27)33(30)32)25-16-14-24(15-17-25)23-10-7-6-8-11-23/h3,5-19,21H,1,4,20,22H2,2H3/b12-5-. The van der Waals surface area contributed by atoms with Gasteiger partial charge in [-0.2, -0.15) is 0 Å². The van der Waals surface area contributed by atoms with Crippen molar-refractivity contribution in [1.82, 2.24) is 0 Å². The fourth-order valence-corrected chi connectivity index (χ4v) is 5.54. The summed E-state index contributed by atoms with van der Waals surface area (Å²) in [6.45, 7) is 6.75. The van der Waals surface area contributed by atoms with E-state index in [9.17, 15) is 0 Å². The van der Waals surface area contributed by atoms with Gasteiger partial charge in [0.05, 0.1) is 0 Å². The van der Waals surface area contributed by atoms with Gasteiger partial charge in [-0.25, -0.2) is 0 Å². The molecule has 35 heavy (non-hydrogen) atoms. The van der Waals surface area contributed by atoms with Gasteiger partial charge in [-0.15, -0.1) is 0 Å². The molecule has 1 nitrogen and oxygen atoms in total. The SMILES string of the molecule is C=C/C=C\c1c(CC)c2c(c3c1-c1ccc(-c4ccc(-c5ccccc5)cc4)cc1C3)C=CCO2. The molecule has 170 valence electrons. The first-order valence-electron chi connectivity index (χ1n) is 12.4. The maximum Gasteiger partial charge on any atom is 0.131 e. The van der Waals surface area contributed by atoms with Crippen molar-refractivity contribution in [3.63, 3.8) is 0 Å². The van der Waals surface area contributed by atoms with Crippen LogP contribution in [-0.4, -0.2) is 6.61 Å². The molecule has 0 fully saturated rings. The first-order chi connectivity index (χ1) is 17.3. The lowest BCUT2D eigenvalue weighted by Gasteiger charge is -2.23. The van der Waals surface area contributed by atoms with Crippen LogP contribution in [0.5, 0.6) is 5.75 Å². The van der Waals surface area contributed by atoms with E-state index in [1.807, 2.05) is 12.2 Å². The van der Waals surface area contributed by atoms with E-state index in [-0.39, 0.29) is 0 Å². The van der Waals surface area contributed by atoms with E-state index >= 15 is 0 Å². The molecule has 4 aromatic carbocycles. The Bertz CT molecular complexity index is 1480. The van der Waals surface area contributed by atoms with Crippen LogP contribution in [0.25, 0.3) is 45.5 Å². The molecule has 1 heteroatoms. The summed E-state index contributed by atoms with van der Waals surface area (Å²) in [6.07, 6.45) is 12.3. The average Bonchev–Trinajstić information content (AvgIpc) is 3.31. The van der Waals surface area contributed by atoms with Crippen molar-refractivity contribution in [1.29, 1.82) is 0 Å². The highest BCUT2D eigenvalue weighted by Gasteiger charge is 2.29. The molecule has 0 unspecified atom stereocenters. The van der Waals surface area contributed by atoms with Crippen molar-refractivity contribution in [2.24, 2.45) is 0 Å². The number of hydrogen-bond donors (Lipinski definition) is 0. The highest BCUT2D eigenvalue weighted by Crippen LogP contribution is 2.49. The third-order valence-electron chi connectivity index (χ3n) is 7.17. The number of rotatable bonds is 5. The van der Waals surface area contributed by atoms with Gasteiger partial charge in [0, 0.05) is 11.1 Å². The largest absolute Gasteiger partial charge is 0.489 e. The minimum Gasteiger partial charge on any atom is -0.489 e. The summed E-state index contributed by atoms with van der Waals surface area (Å²) in [5, 5.41) is 0. The number of ether oxygens (including phenoxy) is 1. The van der Waals surface area contributed by atoms with Gasteiger partial charge in [0.2, 0.25) is 0 Å². The molecule has 1 heterocycles. The molecule has 1 aliphatic carbocycles. The Morgan fingerprint density at radius 1 is 0.886 bits per heavy atom. The summed E-state index contributed by atoms with van der Waals surface area (Å²) in [4.78, 5) is 0. The van der Waals surface area contributed by atoms with Gasteiger partial charge in [-0.3, -0.25) is 0 Å². The summed E-state index contributed by atoms with van der Waals surface area (Å²) in [6, 6.07) is 26.4. The van der Waals surface area contributed by atoms with E-state index in [0.29, 0.717) is 6.61 Å². The molecule has 0 N–H and O–H groups in total. The average molecular weight is 453 g/mol. The number of hydrogen-bond acceptors (Lipinski definition) is 1. The molecule has 0 radical (unpaired) electrons. The number of fused-ring (bicyclic) bond motifs is 5. The van der Waals surface area contributed by atoms with Crippen LogP contribution in [0, 0.1) is 0 Å². The topological polar surface area (TPSA) is 9.23 Å². The third-order valence-corrected chi connectivity index (χ3v) is 7.17. The van der Waals surface area contributed by atoms with Gasteiger partial charge in [-0.05, 0) is 69.0 Å². The summed E-state index contributed by atoms with van der Waals surface area (Å²) in [5.74, 6) is 1.06. The van der Waals surface area contributed by atoms with E-state index in [1.54, 1.807) is 0 Å². The summed E-state index contributed by atoms with van der Waals surface area (Å²) in [5.41, 5.74) is 14.3.